The first-order chi connectivity index (χ1) is 15.5. The molecule has 0 spiro atoms. The Morgan fingerprint density at radius 1 is 1.03 bits per heavy atom. The van der Waals surface area contributed by atoms with Crippen LogP contribution in [-0.4, -0.2) is 43.6 Å². The first-order valence-corrected chi connectivity index (χ1v) is 11.2. The lowest BCUT2D eigenvalue weighted by molar-refractivity contribution is 0.00803. The highest BCUT2D eigenvalue weighted by molar-refractivity contribution is 6.09. The fourth-order valence-corrected chi connectivity index (χ4v) is 3.29. The largest absolute Gasteiger partial charge is 0.497 e. The van der Waals surface area contributed by atoms with Gasteiger partial charge >= 0.3 is 0 Å². The van der Waals surface area contributed by atoms with Crippen LogP contribution in [0.15, 0.2) is 53.5 Å². The zero-order chi connectivity index (χ0) is 23.3. The maximum Gasteiger partial charge on any atom is 0.152 e. The SMILES string of the molecule is CCCCCC(C)OC(C)/N=C(/c1ccc(OCCO)cc1)N(N)c1ccc(OC)cc1. The van der Waals surface area contributed by atoms with E-state index in [1.54, 1.807) is 12.1 Å². The summed E-state index contributed by atoms with van der Waals surface area (Å²) in [5.74, 6) is 8.50. The molecule has 0 heterocycles. The summed E-state index contributed by atoms with van der Waals surface area (Å²) in [5.41, 5.74) is 1.60. The molecule has 3 N–H and O–H groups in total. The molecule has 0 aromatic heterocycles. The number of benzene rings is 2. The molecular weight excluding hydrogens is 406 g/mol. The molecule has 0 aliphatic rings. The van der Waals surface area contributed by atoms with Crippen molar-refractivity contribution in [3.63, 3.8) is 0 Å². The standard InChI is InChI=1S/C25H37N3O4/c1-5-6-7-8-19(2)32-20(3)27-25(21-9-13-24(14-10-21)31-18-17-29)28(26)22-11-15-23(30-4)16-12-22/h9-16,19-20,29H,5-8,17-18,26H2,1-4H3/b27-25-. The van der Waals surface area contributed by atoms with Crippen LogP contribution < -0.4 is 20.3 Å². The molecule has 0 aliphatic carbocycles. The zero-order valence-electron chi connectivity index (χ0n) is 19.7. The quantitative estimate of drug-likeness (QED) is 0.155. The van der Waals surface area contributed by atoms with Crippen molar-refractivity contribution >= 4 is 11.5 Å². The molecule has 0 amide bonds. The van der Waals surface area contributed by atoms with Crippen molar-refractivity contribution in [1.82, 2.24) is 0 Å². The fraction of sp³-hybridized carbons (Fsp3) is 0.480. The van der Waals surface area contributed by atoms with Crippen LogP contribution in [0, 0.1) is 0 Å². The fourth-order valence-electron chi connectivity index (χ4n) is 3.29. The Hall–Kier alpha value is -2.61. The third-order valence-electron chi connectivity index (χ3n) is 5.00. The lowest BCUT2D eigenvalue weighted by Gasteiger charge is -2.24. The molecule has 2 atom stereocenters. The average molecular weight is 444 g/mol. The van der Waals surface area contributed by atoms with E-state index >= 15 is 0 Å². The van der Waals surface area contributed by atoms with Crippen molar-refractivity contribution in [3.05, 3.63) is 54.1 Å². The Balaban J connectivity index is 2.25. The van der Waals surface area contributed by atoms with Crippen molar-refractivity contribution in [2.24, 2.45) is 10.8 Å². The molecule has 2 aromatic carbocycles. The van der Waals surface area contributed by atoms with Gasteiger partial charge in [-0.2, -0.15) is 0 Å². The smallest absolute Gasteiger partial charge is 0.152 e. The van der Waals surface area contributed by atoms with Gasteiger partial charge in [-0.25, -0.2) is 10.8 Å². The Kier molecular flexibility index (Phi) is 11.0. The molecule has 0 radical (unpaired) electrons. The molecule has 7 heteroatoms. The molecular formula is C25H37N3O4. The summed E-state index contributed by atoms with van der Waals surface area (Å²) in [6, 6.07) is 14.9. The van der Waals surface area contributed by atoms with Crippen LogP contribution in [0.4, 0.5) is 5.69 Å². The second kappa shape index (κ2) is 13.7. The van der Waals surface area contributed by atoms with Crippen LogP contribution in [0.25, 0.3) is 0 Å². The predicted molar refractivity (Wildman–Crippen MR) is 129 cm³/mol. The van der Waals surface area contributed by atoms with Crippen LogP contribution in [0.1, 0.15) is 52.0 Å². The molecule has 2 rings (SSSR count). The topological polar surface area (TPSA) is 89.5 Å². The number of hydrogen-bond acceptors (Lipinski definition) is 6. The van der Waals surface area contributed by atoms with Crippen molar-refractivity contribution in [2.75, 3.05) is 25.3 Å². The third-order valence-corrected chi connectivity index (χ3v) is 5.00. The van der Waals surface area contributed by atoms with Gasteiger partial charge in [-0.05, 0) is 68.8 Å². The number of aliphatic hydroxyl groups excluding tert-OH is 1. The van der Waals surface area contributed by atoms with E-state index in [-0.39, 0.29) is 25.5 Å². The number of methoxy groups -OCH3 is 1. The Labute approximate surface area is 191 Å². The van der Waals surface area contributed by atoms with Gasteiger partial charge in [-0.15, -0.1) is 0 Å². The zero-order valence-corrected chi connectivity index (χ0v) is 19.7. The van der Waals surface area contributed by atoms with Crippen LogP contribution in [-0.2, 0) is 4.74 Å². The minimum Gasteiger partial charge on any atom is -0.497 e. The highest BCUT2D eigenvalue weighted by atomic mass is 16.5. The average Bonchev–Trinajstić information content (AvgIpc) is 2.81. The first kappa shape index (κ1) is 25.6. The van der Waals surface area contributed by atoms with E-state index in [9.17, 15) is 0 Å². The summed E-state index contributed by atoms with van der Waals surface area (Å²) in [5, 5.41) is 10.5. The van der Waals surface area contributed by atoms with Gasteiger partial charge < -0.3 is 19.3 Å². The van der Waals surface area contributed by atoms with Crippen molar-refractivity contribution in [2.45, 2.75) is 58.8 Å². The molecule has 2 unspecified atom stereocenters. The molecule has 0 saturated heterocycles. The van der Waals surface area contributed by atoms with Crippen molar-refractivity contribution in [3.8, 4) is 11.5 Å². The minimum absolute atomic E-state index is 0.0339. The maximum atomic E-state index is 8.96. The number of aliphatic imine (C=N–C) groups is 1. The Morgan fingerprint density at radius 3 is 2.28 bits per heavy atom. The van der Waals surface area contributed by atoms with Crippen LogP contribution in [0.5, 0.6) is 11.5 Å². The summed E-state index contributed by atoms with van der Waals surface area (Å²) in [6.45, 7) is 6.42. The van der Waals surface area contributed by atoms with E-state index in [2.05, 4.69) is 13.8 Å². The Morgan fingerprint density at radius 2 is 1.69 bits per heavy atom. The molecule has 32 heavy (non-hydrogen) atoms. The summed E-state index contributed by atoms with van der Waals surface area (Å²) >= 11 is 0. The molecule has 2 aromatic rings. The first-order valence-electron chi connectivity index (χ1n) is 11.2. The van der Waals surface area contributed by atoms with Gasteiger partial charge in [-0.1, -0.05) is 26.2 Å². The number of ether oxygens (including phenoxy) is 3. The lowest BCUT2D eigenvalue weighted by atomic mass is 10.1. The highest BCUT2D eigenvalue weighted by Gasteiger charge is 2.16. The molecule has 176 valence electrons. The van der Waals surface area contributed by atoms with Crippen molar-refractivity contribution < 1.29 is 19.3 Å². The van der Waals surface area contributed by atoms with E-state index in [0.717, 1.165) is 29.8 Å². The molecule has 0 saturated carbocycles. The summed E-state index contributed by atoms with van der Waals surface area (Å²) < 4.78 is 16.8. The number of hydrazine groups is 1. The van der Waals surface area contributed by atoms with E-state index in [4.69, 9.17) is 30.2 Å². The van der Waals surface area contributed by atoms with Gasteiger partial charge in [0.1, 0.15) is 24.3 Å². The highest BCUT2D eigenvalue weighted by Crippen LogP contribution is 2.21. The second-order valence-electron chi connectivity index (χ2n) is 7.66. The van der Waals surface area contributed by atoms with Gasteiger partial charge in [0.15, 0.2) is 5.84 Å². The number of nitrogens with two attached hydrogens (primary N) is 1. The van der Waals surface area contributed by atoms with Gasteiger partial charge in [0.05, 0.1) is 25.5 Å². The van der Waals surface area contributed by atoms with E-state index in [0.29, 0.717) is 11.6 Å². The number of unbranched alkanes of at least 4 members (excludes halogenated alkanes) is 2. The third kappa shape index (κ3) is 8.15. The lowest BCUT2D eigenvalue weighted by Crippen LogP contribution is -2.39. The van der Waals surface area contributed by atoms with E-state index < -0.39 is 0 Å². The van der Waals surface area contributed by atoms with Gasteiger partial charge in [0.2, 0.25) is 0 Å². The van der Waals surface area contributed by atoms with Gasteiger partial charge in [-0.3, -0.25) is 5.01 Å². The van der Waals surface area contributed by atoms with Crippen molar-refractivity contribution in [1.29, 1.82) is 0 Å². The second-order valence-corrected chi connectivity index (χ2v) is 7.66. The van der Waals surface area contributed by atoms with E-state index in [1.807, 2.05) is 55.5 Å². The van der Waals surface area contributed by atoms with Gasteiger partial charge in [0.25, 0.3) is 0 Å². The minimum atomic E-state index is -0.365. The summed E-state index contributed by atoms with van der Waals surface area (Å²) in [4.78, 5) is 4.81. The van der Waals surface area contributed by atoms with Crippen LogP contribution >= 0.6 is 0 Å². The normalized spacial score (nSPS) is 13.5. The number of amidine groups is 1. The van der Waals surface area contributed by atoms with E-state index in [1.165, 1.54) is 12.8 Å². The number of hydrogen-bond donors (Lipinski definition) is 2. The molecule has 0 aliphatic heterocycles. The Bertz CT molecular complexity index is 809. The monoisotopic (exact) mass is 443 g/mol. The maximum absolute atomic E-state index is 8.96. The predicted octanol–water partition coefficient (Wildman–Crippen LogP) is 4.52. The molecule has 0 bridgehead atoms. The van der Waals surface area contributed by atoms with Crippen LogP contribution in [0.2, 0.25) is 0 Å². The molecule has 0 fully saturated rings. The molecule has 7 nitrogen and oxygen atoms in total. The summed E-state index contributed by atoms with van der Waals surface area (Å²) in [6.07, 6.45) is 4.29. The number of anilines is 1. The summed E-state index contributed by atoms with van der Waals surface area (Å²) in [7, 11) is 1.63. The van der Waals surface area contributed by atoms with Gasteiger partial charge in [0, 0.05) is 5.56 Å². The number of rotatable bonds is 13. The number of aliphatic hydroxyl groups is 1. The van der Waals surface area contributed by atoms with Crippen LogP contribution in [0.3, 0.4) is 0 Å². The number of nitrogens with zero attached hydrogens (tertiary/aromatic N) is 2.